The molecule has 2 aromatic carbocycles. The van der Waals surface area contributed by atoms with Gasteiger partial charge >= 0.3 is 0 Å². The fourth-order valence-electron chi connectivity index (χ4n) is 3.44. The van der Waals surface area contributed by atoms with Gasteiger partial charge in [0.25, 0.3) is 0 Å². The number of hydrogen-bond acceptors (Lipinski definition) is 5. The first-order chi connectivity index (χ1) is 13.8. The molecule has 0 amide bonds. The molecule has 0 unspecified atom stereocenters. The molecule has 1 N–H and O–H groups in total. The Morgan fingerprint density at radius 3 is 2.68 bits per heavy atom. The van der Waals surface area contributed by atoms with Crippen molar-refractivity contribution in [3.05, 3.63) is 81.8 Å². The van der Waals surface area contributed by atoms with Gasteiger partial charge in [-0.1, -0.05) is 42.5 Å². The molecular weight excluding hydrogens is 350 g/mol. The fraction of sp³-hybridized carbons (Fsp3) is 0.261. The first-order valence-electron chi connectivity index (χ1n) is 9.39. The number of methoxy groups -OCH3 is 1. The van der Waals surface area contributed by atoms with Crippen LogP contribution >= 0.6 is 0 Å². The molecule has 0 spiro atoms. The smallest absolute Gasteiger partial charge is 0.118 e. The molecule has 28 heavy (non-hydrogen) atoms. The molecule has 2 aromatic rings. The average molecular weight is 375 g/mol. The van der Waals surface area contributed by atoms with Crippen LogP contribution in [0, 0.1) is 4.91 Å². The Morgan fingerprint density at radius 1 is 1.18 bits per heavy atom. The van der Waals surface area contributed by atoms with E-state index in [4.69, 9.17) is 4.74 Å². The van der Waals surface area contributed by atoms with E-state index >= 15 is 0 Å². The van der Waals surface area contributed by atoms with Crippen LogP contribution in [0.2, 0.25) is 0 Å². The number of ether oxygens (including phenoxy) is 1. The van der Waals surface area contributed by atoms with Gasteiger partial charge in [0, 0.05) is 19.2 Å². The topological polar surface area (TPSA) is 63.0 Å². The highest BCUT2D eigenvalue weighted by Gasteiger charge is 2.19. The SMILES string of the molecule is CN=C(C1=C(C/C=C/c2ccc(OC)cc2)CNCC1)c1ccccc1N=O. The Morgan fingerprint density at radius 2 is 1.96 bits per heavy atom. The minimum atomic E-state index is 0.433. The summed E-state index contributed by atoms with van der Waals surface area (Å²) in [5, 5.41) is 6.62. The van der Waals surface area contributed by atoms with Gasteiger partial charge in [-0.3, -0.25) is 4.99 Å². The molecule has 3 rings (SSSR count). The zero-order chi connectivity index (χ0) is 19.8. The van der Waals surface area contributed by atoms with Gasteiger partial charge in [-0.2, -0.15) is 0 Å². The molecular formula is C23H25N3O2. The van der Waals surface area contributed by atoms with Crippen molar-refractivity contribution in [2.45, 2.75) is 12.8 Å². The highest BCUT2D eigenvalue weighted by atomic mass is 16.5. The van der Waals surface area contributed by atoms with Crippen LogP contribution in [0.15, 0.2) is 75.9 Å². The van der Waals surface area contributed by atoms with Gasteiger partial charge in [0.1, 0.15) is 11.4 Å². The van der Waals surface area contributed by atoms with Crippen molar-refractivity contribution in [1.82, 2.24) is 5.32 Å². The van der Waals surface area contributed by atoms with Gasteiger partial charge in [0.15, 0.2) is 0 Å². The molecule has 0 bridgehead atoms. The predicted molar refractivity (Wildman–Crippen MR) is 116 cm³/mol. The second-order valence-electron chi connectivity index (χ2n) is 6.57. The van der Waals surface area contributed by atoms with Crippen molar-refractivity contribution >= 4 is 17.5 Å². The van der Waals surface area contributed by atoms with Crippen molar-refractivity contribution in [3.63, 3.8) is 0 Å². The normalized spacial score (nSPS) is 15.1. The molecule has 144 valence electrons. The van der Waals surface area contributed by atoms with Crippen LogP contribution in [-0.4, -0.2) is 33.0 Å². The summed E-state index contributed by atoms with van der Waals surface area (Å²) in [6.45, 7) is 1.72. The number of nitrogens with zero attached hydrogens (tertiary/aromatic N) is 2. The third kappa shape index (κ3) is 4.61. The van der Waals surface area contributed by atoms with Gasteiger partial charge in [-0.25, -0.2) is 0 Å². The van der Waals surface area contributed by atoms with Crippen molar-refractivity contribution in [1.29, 1.82) is 0 Å². The number of nitroso groups, excluding NO2 is 1. The van der Waals surface area contributed by atoms with Gasteiger partial charge in [0.2, 0.25) is 0 Å². The summed E-state index contributed by atoms with van der Waals surface area (Å²) >= 11 is 0. The maximum Gasteiger partial charge on any atom is 0.118 e. The first kappa shape index (κ1) is 19.7. The van der Waals surface area contributed by atoms with Crippen LogP contribution < -0.4 is 10.1 Å². The summed E-state index contributed by atoms with van der Waals surface area (Å²) in [7, 11) is 3.44. The summed E-state index contributed by atoms with van der Waals surface area (Å²) < 4.78 is 5.20. The van der Waals surface area contributed by atoms with E-state index in [-0.39, 0.29) is 0 Å². The summed E-state index contributed by atoms with van der Waals surface area (Å²) in [5.41, 5.74) is 5.72. The van der Waals surface area contributed by atoms with E-state index in [1.54, 1.807) is 20.2 Å². The molecule has 0 aromatic heterocycles. The molecule has 1 aliphatic heterocycles. The predicted octanol–water partition coefficient (Wildman–Crippen LogP) is 4.91. The van der Waals surface area contributed by atoms with Crippen LogP contribution in [0.3, 0.4) is 0 Å². The molecule has 5 heteroatoms. The number of nitrogens with one attached hydrogen (secondary N) is 1. The van der Waals surface area contributed by atoms with E-state index in [9.17, 15) is 4.91 Å². The monoisotopic (exact) mass is 375 g/mol. The summed E-state index contributed by atoms with van der Waals surface area (Å²) in [6, 6.07) is 15.4. The zero-order valence-corrected chi connectivity index (χ0v) is 16.3. The maximum absolute atomic E-state index is 11.2. The van der Waals surface area contributed by atoms with Crippen molar-refractivity contribution < 1.29 is 4.74 Å². The molecule has 0 saturated heterocycles. The van der Waals surface area contributed by atoms with E-state index in [1.165, 1.54) is 11.1 Å². The second-order valence-corrected chi connectivity index (χ2v) is 6.57. The summed E-state index contributed by atoms with van der Waals surface area (Å²) in [5.74, 6) is 0.852. The third-order valence-corrected chi connectivity index (χ3v) is 4.87. The van der Waals surface area contributed by atoms with Crippen LogP contribution in [0.4, 0.5) is 5.69 Å². The lowest BCUT2D eigenvalue weighted by molar-refractivity contribution is 0.415. The minimum absolute atomic E-state index is 0.433. The molecule has 1 aliphatic rings. The molecule has 0 atom stereocenters. The number of rotatable bonds is 7. The Hall–Kier alpha value is -3.05. The highest BCUT2D eigenvalue weighted by molar-refractivity contribution is 6.15. The van der Waals surface area contributed by atoms with Crippen molar-refractivity contribution in [2.75, 3.05) is 27.2 Å². The average Bonchev–Trinajstić information content (AvgIpc) is 2.76. The molecule has 0 aliphatic carbocycles. The van der Waals surface area contributed by atoms with Gasteiger partial charge in [-0.15, -0.1) is 4.91 Å². The molecule has 0 radical (unpaired) electrons. The Kier molecular flexibility index (Phi) is 6.87. The number of aliphatic imine (C=N–C) groups is 1. The summed E-state index contributed by atoms with van der Waals surface area (Å²) in [4.78, 5) is 15.8. The Bertz CT molecular complexity index is 912. The lowest BCUT2D eigenvalue weighted by atomic mass is 9.90. The van der Waals surface area contributed by atoms with Crippen LogP contribution in [0.1, 0.15) is 24.0 Å². The molecule has 0 fully saturated rings. The van der Waals surface area contributed by atoms with E-state index in [0.29, 0.717) is 5.69 Å². The first-order valence-corrected chi connectivity index (χ1v) is 9.39. The molecule has 0 saturated carbocycles. The molecule has 1 heterocycles. The number of benzene rings is 2. The van der Waals surface area contributed by atoms with Gasteiger partial charge in [0.05, 0.1) is 12.8 Å². The van der Waals surface area contributed by atoms with Crippen LogP contribution in [0.25, 0.3) is 6.08 Å². The highest BCUT2D eigenvalue weighted by Crippen LogP contribution is 2.27. The lowest BCUT2D eigenvalue weighted by Crippen LogP contribution is -2.28. The van der Waals surface area contributed by atoms with E-state index in [2.05, 4.69) is 27.6 Å². The van der Waals surface area contributed by atoms with E-state index < -0.39 is 0 Å². The van der Waals surface area contributed by atoms with Crippen LogP contribution in [0.5, 0.6) is 5.75 Å². The second kappa shape index (κ2) is 9.76. The Labute approximate surface area is 165 Å². The third-order valence-electron chi connectivity index (χ3n) is 4.87. The standard InChI is InChI=1S/C23H25N3O2/c1-24-23(21-8-3-4-9-22(21)26-27)20-14-15-25-16-18(20)7-5-6-17-10-12-19(28-2)13-11-17/h3-6,8-13,25H,7,14-16H2,1-2H3/b6-5+,24-23?. The minimum Gasteiger partial charge on any atom is -0.497 e. The largest absolute Gasteiger partial charge is 0.497 e. The Balaban J connectivity index is 1.86. The number of allylic oxidation sites excluding steroid dienone is 1. The molecule has 5 nitrogen and oxygen atoms in total. The zero-order valence-electron chi connectivity index (χ0n) is 16.3. The van der Waals surface area contributed by atoms with E-state index in [0.717, 1.165) is 48.5 Å². The van der Waals surface area contributed by atoms with Crippen molar-refractivity contribution in [3.8, 4) is 5.75 Å². The fourth-order valence-corrected chi connectivity index (χ4v) is 3.44. The summed E-state index contributed by atoms with van der Waals surface area (Å²) in [6.07, 6.45) is 5.99. The van der Waals surface area contributed by atoms with Crippen molar-refractivity contribution in [2.24, 2.45) is 10.2 Å². The lowest BCUT2D eigenvalue weighted by Gasteiger charge is -2.22. The van der Waals surface area contributed by atoms with Gasteiger partial charge < -0.3 is 10.1 Å². The maximum atomic E-state index is 11.2. The number of hydrogen-bond donors (Lipinski definition) is 1. The quantitative estimate of drug-likeness (QED) is 0.553. The van der Waals surface area contributed by atoms with E-state index in [1.807, 2.05) is 42.5 Å². The van der Waals surface area contributed by atoms with Gasteiger partial charge in [-0.05, 0) is 59.5 Å². The van der Waals surface area contributed by atoms with Crippen LogP contribution in [-0.2, 0) is 0 Å².